The first kappa shape index (κ1) is 15.4. The third kappa shape index (κ3) is 2.99. The minimum Gasteiger partial charge on any atom is -0.396 e. The van der Waals surface area contributed by atoms with Crippen molar-refractivity contribution in [2.75, 3.05) is 19.7 Å². The Hall–Kier alpha value is -1.50. The molecular weight excluding hydrogens is 309 g/mol. The molecule has 1 aromatic heterocycles. The van der Waals surface area contributed by atoms with Gasteiger partial charge in [-0.05, 0) is 19.1 Å². The largest absolute Gasteiger partial charge is 0.396 e. The number of aryl methyl sites for hydroxylation is 1. The molecule has 1 saturated heterocycles. The number of nitrogens with zero attached hydrogens (tertiary/aromatic N) is 3. The van der Waals surface area contributed by atoms with Crippen LogP contribution in [0.15, 0.2) is 22.7 Å². The molecule has 5 nitrogen and oxygen atoms in total. The van der Waals surface area contributed by atoms with Crippen LogP contribution in [0.4, 0.5) is 4.39 Å². The lowest BCUT2D eigenvalue weighted by atomic mass is 9.97. The Morgan fingerprint density at radius 2 is 2.27 bits per heavy atom. The quantitative estimate of drug-likeness (QED) is 0.935. The van der Waals surface area contributed by atoms with Gasteiger partial charge in [0.15, 0.2) is 5.82 Å². The summed E-state index contributed by atoms with van der Waals surface area (Å²) in [6, 6.07) is 4.67. The summed E-state index contributed by atoms with van der Waals surface area (Å²) in [6.45, 7) is 3.43. The van der Waals surface area contributed by atoms with Crippen molar-refractivity contribution in [3.63, 3.8) is 0 Å². The molecule has 1 aliphatic heterocycles. The van der Waals surface area contributed by atoms with E-state index < -0.39 is 0 Å². The van der Waals surface area contributed by atoms with E-state index in [0.29, 0.717) is 41.9 Å². The highest BCUT2D eigenvalue weighted by molar-refractivity contribution is 6.31. The molecule has 0 amide bonds. The minimum atomic E-state index is -0.315. The molecule has 0 radical (unpaired) electrons. The molecule has 3 rings (SSSR count). The van der Waals surface area contributed by atoms with Crippen LogP contribution in [0.2, 0.25) is 5.02 Å². The average Bonchev–Trinajstić information content (AvgIpc) is 3.09. The number of rotatable bonds is 4. The van der Waals surface area contributed by atoms with Crippen molar-refractivity contribution >= 4 is 11.6 Å². The van der Waals surface area contributed by atoms with E-state index in [1.807, 2.05) is 0 Å². The Labute approximate surface area is 132 Å². The smallest absolute Gasteiger partial charge is 0.231 e. The van der Waals surface area contributed by atoms with Crippen LogP contribution in [0.3, 0.4) is 0 Å². The van der Waals surface area contributed by atoms with Crippen molar-refractivity contribution in [3.05, 3.63) is 46.3 Å². The summed E-state index contributed by atoms with van der Waals surface area (Å²) in [5, 5.41) is 13.8. The van der Waals surface area contributed by atoms with Crippen LogP contribution in [0.1, 0.15) is 23.2 Å². The monoisotopic (exact) mass is 325 g/mol. The Balaban J connectivity index is 1.77. The maximum atomic E-state index is 13.9. The molecule has 2 aromatic rings. The Morgan fingerprint density at radius 1 is 1.45 bits per heavy atom. The normalized spacial score (nSPS) is 22.4. The van der Waals surface area contributed by atoms with Crippen molar-refractivity contribution < 1.29 is 14.0 Å². The van der Waals surface area contributed by atoms with Gasteiger partial charge < -0.3 is 9.63 Å². The van der Waals surface area contributed by atoms with Gasteiger partial charge in [0.25, 0.3) is 0 Å². The first-order chi connectivity index (χ1) is 10.6. The number of likely N-dealkylation sites (tertiary alicyclic amines) is 1. The van der Waals surface area contributed by atoms with E-state index in [1.54, 1.807) is 19.1 Å². The molecule has 7 heteroatoms. The summed E-state index contributed by atoms with van der Waals surface area (Å²) in [5.41, 5.74) is 0.475. The first-order valence-corrected chi connectivity index (χ1v) is 7.52. The van der Waals surface area contributed by atoms with E-state index in [0.717, 1.165) is 0 Å². The summed E-state index contributed by atoms with van der Waals surface area (Å²) >= 11 is 6.08. The Morgan fingerprint density at radius 3 is 2.91 bits per heavy atom. The molecule has 2 atom stereocenters. The van der Waals surface area contributed by atoms with Gasteiger partial charge in [0, 0.05) is 42.7 Å². The highest BCUT2D eigenvalue weighted by Gasteiger charge is 2.37. The second-order valence-electron chi connectivity index (χ2n) is 5.62. The lowest BCUT2D eigenvalue weighted by Gasteiger charge is -2.16. The van der Waals surface area contributed by atoms with Crippen molar-refractivity contribution in [2.45, 2.75) is 19.4 Å². The van der Waals surface area contributed by atoms with Gasteiger partial charge in [-0.3, -0.25) is 4.90 Å². The number of benzene rings is 1. The summed E-state index contributed by atoms with van der Waals surface area (Å²) in [7, 11) is 0. The van der Waals surface area contributed by atoms with Gasteiger partial charge in [0.2, 0.25) is 5.89 Å². The summed E-state index contributed by atoms with van der Waals surface area (Å²) in [6.07, 6.45) is 0. The lowest BCUT2D eigenvalue weighted by Crippen LogP contribution is -2.21. The van der Waals surface area contributed by atoms with Crippen LogP contribution in [0, 0.1) is 18.7 Å². The zero-order valence-corrected chi connectivity index (χ0v) is 12.9. The van der Waals surface area contributed by atoms with E-state index in [9.17, 15) is 9.50 Å². The molecule has 0 bridgehead atoms. The topological polar surface area (TPSA) is 62.4 Å². The number of aromatic nitrogens is 2. The molecule has 0 unspecified atom stereocenters. The van der Waals surface area contributed by atoms with Crippen LogP contribution in [0.25, 0.3) is 0 Å². The van der Waals surface area contributed by atoms with E-state index in [1.165, 1.54) is 6.07 Å². The molecule has 0 spiro atoms. The molecule has 22 heavy (non-hydrogen) atoms. The molecule has 118 valence electrons. The fraction of sp³-hybridized carbons (Fsp3) is 0.467. The van der Waals surface area contributed by atoms with Crippen molar-refractivity contribution in [3.8, 4) is 0 Å². The van der Waals surface area contributed by atoms with E-state index in [4.69, 9.17) is 16.1 Å². The standard InChI is InChI=1S/C15H17ClFN3O2/c1-9-18-15(22-19-9)11-6-20(5-10(11)8-21)7-12-13(16)3-2-4-14(12)17/h2-4,10-11,21H,5-8H2,1H3/t10-,11+/m0/s1. The first-order valence-electron chi connectivity index (χ1n) is 7.14. The van der Waals surface area contributed by atoms with Gasteiger partial charge in [-0.2, -0.15) is 4.98 Å². The summed E-state index contributed by atoms with van der Waals surface area (Å²) in [5.74, 6) is 0.730. The second kappa shape index (κ2) is 6.32. The van der Waals surface area contributed by atoms with Gasteiger partial charge in [-0.1, -0.05) is 22.8 Å². The lowest BCUT2D eigenvalue weighted by molar-refractivity contribution is 0.204. The van der Waals surface area contributed by atoms with Gasteiger partial charge in [-0.15, -0.1) is 0 Å². The van der Waals surface area contributed by atoms with Crippen LogP contribution in [-0.2, 0) is 6.54 Å². The molecule has 1 aromatic carbocycles. The highest BCUT2D eigenvalue weighted by Crippen LogP contribution is 2.33. The second-order valence-corrected chi connectivity index (χ2v) is 6.03. The molecule has 1 fully saturated rings. The zero-order chi connectivity index (χ0) is 15.7. The molecule has 1 N–H and O–H groups in total. The SMILES string of the molecule is Cc1noc([C@@H]2CN(Cc3c(F)cccc3Cl)C[C@H]2CO)n1. The molecule has 0 aliphatic carbocycles. The van der Waals surface area contributed by atoms with E-state index >= 15 is 0 Å². The fourth-order valence-electron chi connectivity index (χ4n) is 2.93. The molecular formula is C15H17ClFN3O2. The van der Waals surface area contributed by atoms with E-state index in [-0.39, 0.29) is 24.3 Å². The van der Waals surface area contributed by atoms with Crippen LogP contribution in [0.5, 0.6) is 0 Å². The Bertz CT molecular complexity index is 644. The Kier molecular flexibility index (Phi) is 4.42. The number of halogens is 2. The zero-order valence-electron chi connectivity index (χ0n) is 12.2. The van der Waals surface area contributed by atoms with Gasteiger partial charge in [-0.25, -0.2) is 4.39 Å². The fourth-order valence-corrected chi connectivity index (χ4v) is 3.15. The van der Waals surface area contributed by atoms with Crippen molar-refractivity contribution in [2.24, 2.45) is 5.92 Å². The number of aliphatic hydroxyl groups excluding tert-OH is 1. The average molecular weight is 326 g/mol. The minimum absolute atomic E-state index is 0.00889. The number of aliphatic hydroxyl groups is 1. The van der Waals surface area contributed by atoms with Crippen molar-refractivity contribution in [1.82, 2.24) is 15.0 Å². The predicted molar refractivity (Wildman–Crippen MR) is 79.0 cm³/mol. The van der Waals surface area contributed by atoms with Crippen LogP contribution in [-0.4, -0.2) is 39.8 Å². The van der Waals surface area contributed by atoms with E-state index in [2.05, 4.69) is 15.0 Å². The maximum Gasteiger partial charge on any atom is 0.231 e. The number of hydrogen-bond acceptors (Lipinski definition) is 5. The van der Waals surface area contributed by atoms with Crippen LogP contribution >= 0.6 is 11.6 Å². The van der Waals surface area contributed by atoms with Gasteiger partial charge in [0.1, 0.15) is 5.82 Å². The highest BCUT2D eigenvalue weighted by atomic mass is 35.5. The molecule has 1 aliphatic rings. The number of hydrogen-bond donors (Lipinski definition) is 1. The summed E-state index contributed by atoms with van der Waals surface area (Å²) in [4.78, 5) is 6.30. The van der Waals surface area contributed by atoms with Gasteiger partial charge in [0.05, 0.1) is 5.92 Å². The summed E-state index contributed by atoms with van der Waals surface area (Å²) < 4.78 is 19.1. The third-order valence-corrected chi connectivity index (χ3v) is 4.41. The van der Waals surface area contributed by atoms with Crippen LogP contribution < -0.4 is 0 Å². The van der Waals surface area contributed by atoms with Gasteiger partial charge >= 0.3 is 0 Å². The molecule has 2 heterocycles. The molecule has 0 saturated carbocycles. The maximum absolute atomic E-state index is 13.9. The third-order valence-electron chi connectivity index (χ3n) is 4.06. The van der Waals surface area contributed by atoms with Crippen molar-refractivity contribution in [1.29, 1.82) is 0 Å². The predicted octanol–water partition coefficient (Wildman–Crippen LogP) is 2.38.